The summed E-state index contributed by atoms with van der Waals surface area (Å²) in [6, 6.07) is 17.7. The number of rotatable bonds is 7. The van der Waals surface area contributed by atoms with E-state index in [4.69, 9.17) is 0 Å². The van der Waals surface area contributed by atoms with Crippen LogP contribution in [0.25, 0.3) is 0 Å². The van der Waals surface area contributed by atoms with Crippen LogP contribution in [0.3, 0.4) is 0 Å². The van der Waals surface area contributed by atoms with Crippen molar-refractivity contribution in [2.45, 2.75) is 24.7 Å². The third kappa shape index (κ3) is 3.66. The van der Waals surface area contributed by atoms with Crippen LogP contribution in [0.15, 0.2) is 67.1 Å². The number of benzene rings is 2. The second kappa shape index (κ2) is 7.91. The third-order valence-electron chi connectivity index (χ3n) is 5.58. The van der Waals surface area contributed by atoms with Gasteiger partial charge in [0.1, 0.15) is 0 Å². The normalized spacial score (nSPS) is 18.0. The summed E-state index contributed by atoms with van der Waals surface area (Å²) in [6.07, 6.45) is 4.64. The highest BCUT2D eigenvalue weighted by Crippen LogP contribution is 2.45. The number of aromatic amines is 1. The largest absolute Gasteiger partial charge is 0.356 e. The van der Waals surface area contributed by atoms with Crippen LogP contribution in [0.4, 0.5) is 5.69 Å². The third-order valence-corrected chi connectivity index (χ3v) is 5.58. The van der Waals surface area contributed by atoms with E-state index >= 15 is 0 Å². The molecule has 148 valence electrons. The van der Waals surface area contributed by atoms with Crippen LogP contribution in [0.1, 0.15) is 23.2 Å². The van der Waals surface area contributed by atoms with Gasteiger partial charge >= 0.3 is 0 Å². The van der Waals surface area contributed by atoms with Gasteiger partial charge in [0.15, 0.2) is 0 Å². The Kier molecular flexibility index (Phi) is 5.16. The molecule has 0 unspecified atom stereocenters. The summed E-state index contributed by atoms with van der Waals surface area (Å²) in [5.74, 6) is -0.162. The first-order chi connectivity index (χ1) is 14.1. The van der Waals surface area contributed by atoms with Gasteiger partial charge in [0.05, 0.1) is 11.7 Å². The van der Waals surface area contributed by atoms with E-state index in [0.717, 1.165) is 22.5 Å². The Morgan fingerprint density at radius 3 is 2.66 bits per heavy atom. The highest BCUT2D eigenvalue weighted by atomic mass is 16.2. The Hall–Kier alpha value is -3.41. The maximum absolute atomic E-state index is 13.4. The number of imidazole rings is 1. The van der Waals surface area contributed by atoms with Gasteiger partial charge in [-0.1, -0.05) is 48.5 Å². The summed E-state index contributed by atoms with van der Waals surface area (Å²) >= 11 is 0. The van der Waals surface area contributed by atoms with E-state index in [1.165, 1.54) is 0 Å². The number of nitrogens with one attached hydrogen (secondary N) is 2. The molecule has 4 rings (SSSR count). The molecular formula is C23H24N4O2. The molecule has 29 heavy (non-hydrogen) atoms. The lowest BCUT2D eigenvalue weighted by atomic mass is 9.73. The van der Waals surface area contributed by atoms with E-state index in [2.05, 4.69) is 15.3 Å². The number of amides is 2. The Bertz CT molecular complexity index is 1000. The van der Waals surface area contributed by atoms with Crippen molar-refractivity contribution in [3.8, 4) is 0 Å². The topological polar surface area (TPSA) is 78.1 Å². The number of anilines is 1. The lowest BCUT2D eigenvalue weighted by Crippen LogP contribution is -2.44. The van der Waals surface area contributed by atoms with Crippen molar-refractivity contribution in [1.82, 2.24) is 15.3 Å². The predicted molar refractivity (Wildman–Crippen MR) is 112 cm³/mol. The van der Waals surface area contributed by atoms with Crippen molar-refractivity contribution < 1.29 is 9.59 Å². The van der Waals surface area contributed by atoms with E-state index in [9.17, 15) is 9.59 Å². The number of likely N-dealkylation sites (N-methyl/N-ethyl adjacent to an activating group) is 1. The van der Waals surface area contributed by atoms with Crippen molar-refractivity contribution in [3.05, 3.63) is 83.9 Å². The van der Waals surface area contributed by atoms with Gasteiger partial charge in [-0.2, -0.15) is 0 Å². The number of fused-ring (bicyclic) bond motifs is 1. The SMILES string of the molecule is CN1C(=O)[C@](CC(=O)NCCc2cnc[nH]2)(Cc2ccccc2)c2ccccc21. The quantitative estimate of drug-likeness (QED) is 0.653. The van der Waals surface area contributed by atoms with Crippen molar-refractivity contribution in [3.63, 3.8) is 0 Å². The number of aromatic nitrogens is 2. The number of hydrogen-bond donors (Lipinski definition) is 2. The Morgan fingerprint density at radius 2 is 1.90 bits per heavy atom. The molecule has 0 bridgehead atoms. The first kappa shape index (κ1) is 18.9. The van der Waals surface area contributed by atoms with Crippen molar-refractivity contribution in [2.75, 3.05) is 18.5 Å². The molecule has 2 N–H and O–H groups in total. The monoisotopic (exact) mass is 388 g/mol. The van der Waals surface area contributed by atoms with Crippen LogP contribution in [0.5, 0.6) is 0 Å². The molecule has 1 aromatic heterocycles. The lowest BCUT2D eigenvalue weighted by molar-refractivity contribution is -0.129. The zero-order valence-electron chi connectivity index (χ0n) is 16.4. The van der Waals surface area contributed by atoms with Gasteiger partial charge in [0, 0.05) is 44.0 Å². The first-order valence-corrected chi connectivity index (χ1v) is 9.76. The zero-order chi connectivity index (χ0) is 20.3. The minimum Gasteiger partial charge on any atom is -0.356 e. The molecule has 2 heterocycles. The van der Waals surface area contributed by atoms with Crippen LogP contribution in [0, 0.1) is 0 Å². The summed E-state index contributed by atoms with van der Waals surface area (Å²) in [5.41, 5.74) is 2.89. The average Bonchev–Trinajstić information content (AvgIpc) is 3.32. The zero-order valence-corrected chi connectivity index (χ0v) is 16.4. The first-order valence-electron chi connectivity index (χ1n) is 9.76. The molecule has 2 amide bonds. The van der Waals surface area contributed by atoms with Crippen molar-refractivity contribution >= 4 is 17.5 Å². The average molecular weight is 388 g/mol. The maximum Gasteiger partial charge on any atom is 0.238 e. The Labute approximate surface area is 170 Å². The molecule has 3 aromatic rings. The van der Waals surface area contributed by atoms with E-state index < -0.39 is 5.41 Å². The summed E-state index contributed by atoms with van der Waals surface area (Å²) < 4.78 is 0. The fourth-order valence-corrected chi connectivity index (χ4v) is 4.16. The molecule has 1 aliphatic rings. The van der Waals surface area contributed by atoms with Gasteiger partial charge in [-0.15, -0.1) is 0 Å². The molecule has 2 aromatic carbocycles. The van der Waals surface area contributed by atoms with E-state index in [0.29, 0.717) is 19.4 Å². The van der Waals surface area contributed by atoms with Gasteiger partial charge in [0.25, 0.3) is 0 Å². The molecule has 6 heteroatoms. The van der Waals surface area contributed by atoms with Crippen LogP contribution in [-0.4, -0.2) is 35.4 Å². The second-order valence-electron chi connectivity index (χ2n) is 7.48. The van der Waals surface area contributed by atoms with E-state index in [1.807, 2.05) is 54.6 Å². The standard InChI is InChI=1S/C23H24N4O2/c1-27-20-10-6-5-9-19(20)23(22(27)29,13-17-7-3-2-4-8-17)14-21(28)25-12-11-18-15-24-16-26-18/h2-10,15-16H,11-14H2,1H3,(H,24,26)(H,25,28)/t23-/m0/s1. The number of carbonyl (C=O) groups is 2. The smallest absolute Gasteiger partial charge is 0.238 e. The van der Waals surface area contributed by atoms with Gasteiger partial charge < -0.3 is 15.2 Å². The molecule has 0 aliphatic carbocycles. The summed E-state index contributed by atoms with van der Waals surface area (Å²) in [4.78, 5) is 35.0. The molecule has 0 saturated carbocycles. The number of carbonyl (C=O) groups excluding carboxylic acids is 2. The van der Waals surface area contributed by atoms with Crippen molar-refractivity contribution in [1.29, 1.82) is 0 Å². The highest BCUT2D eigenvalue weighted by molar-refractivity contribution is 6.09. The Balaban J connectivity index is 1.59. The highest BCUT2D eigenvalue weighted by Gasteiger charge is 2.50. The lowest BCUT2D eigenvalue weighted by Gasteiger charge is -2.28. The minimum atomic E-state index is -0.898. The van der Waals surface area contributed by atoms with Crippen LogP contribution in [-0.2, 0) is 27.8 Å². The number of para-hydroxylation sites is 1. The van der Waals surface area contributed by atoms with Crippen LogP contribution < -0.4 is 10.2 Å². The summed E-state index contributed by atoms with van der Waals surface area (Å²) in [5, 5.41) is 2.97. The minimum absolute atomic E-state index is 0.0359. The molecular weight excluding hydrogens is 364 g/mol. The van der Waals surface area contributed by atoms with Gasteiger partial charge in [-0.3, -0.25) is 9.59 Å². The number of hydrogen-bond acceptors (Lipinski definition) is 3. The number of nitrogens with zero attached hydrogens (tertiary/aromatic N) is 2. The van der Waals surface area contributed by atoms with Gasteiger partial charge in [0.2, 0.25) is 11.8 Å². The van der Waals surface area contributed by atoms with Crippen LogP contribution >= 0.6 is 0 Å². The fourth-order valence-electron chi connectivity index (χ4n) is 4.16. The second-order valence-corrected chi connectivity index (χ2v) is 7.48. The molecule has 1 aliphatic heterocycles. The summed E-state index contributed by atoms with van der Waals surface area (Å²) in [6.45, 7) is 0.494. The molecule has 0 fully saturated rings. The molecule has 0 spiro atoms. The molecule has 6 nitrogen and oxygen atoms in total. The van der Waals surface area contributed by atoms with E-state index in [-0.39, 0.29) is 18.2 Å². The molecule has 1 atom stereocenters. The van der Waals surface area contributed by atoms with Gasteiger partial charge in [-0.05, 0) is 23.6 Å². The maximum atomic E-state index is 13.4. The molecule has 0 saturated heterocycles. The number of H-pyrrole nitrogens is 1. The predicted octanol–water partition coefficient (Wildman–Crippen LogP) is 2.62. The van der Waals surface area contributed by atoms with Crippen molar-refractivity contribution in [2.24, 2.45) is 0 Å². The Morgan fingerprint density at radius 1 is 1.14 bits per heavy atom. The molecule has 0 radical (unpaired) electrons. The fraction of sp³-hybridized carbons (Fsp3) is 0.261. The van der Waals surface area contributed by atoms with E-state index in [1.54, 1.807) is 24.5 Å². The van der Waals surface area contributed by atoms with Crippen LogP contribution in [0.2, 0.25) is 0 Å². The summed E-state index contributed by atoms with van der Waals surface area (Å²) in [7, 11) is 1.78. The van der Waals surface area contributed by atoms with Gasteiger partial charge in [-0.25, -0.2) is 4.98 Å².